The Labute approximate surface area is 132 Å². The smallest absolute Gasteiger partial charge is 0.243 e. The van der Waals surface area contributed by atoms with E-state index in [1.54, 1.807) is 28.6 Å². The number of halogens is 1. The highest BCUT2D eigenvalue weighted by Crippen LogP contribution is 2.32. The van der Waals surface area contributed by atoms with E-state index in [9.17, 15) is 8.42 Å². The Morgan fingerprint density at radius 2 is 1.95 bits per heavy atom. The first-order chi connectivity index (χ1) is 10.1. The first kappa shape index (κ1) is 16.6. The molecule has 6 heteroatoms. The van der Waals surface area contributed by atoms with Crippen molar-refractivity contribution in [3.63, 3.8) is 0 Å². The van der Waals surface area contributed by atoms with Gasteiger partial charge in [-0.15, -0.1) is 11.6 Å². The van der Waals surface area contributed by atoms with Crippen molar-refractivity contribution >= 4 is 21.6 Å². The first-order valence-electron chi connectivity index (χ1n) is 7.40. The second-order valence-electron chi connectivity index (χ2n) is 5.21. The van der Waals surface area contributed by atoms with Crippen LogP contribution in [0.1, 0.15) is 32.6 Å². The van der Waals surface area contributed by atoms with Gasteiger partial charge in [-0.1, -0.05) is 13.3 Å². The molecule has 0 heterocycles. The molecule has 0 aromatic heterocycles. The van der Waals surface area contributed by atoms with Gasteiger partial charge in [0, 0.05) is 12.6 Å². The fourth-order valence-corrected chi connectivity index (χ4v) is 3.98. The summed E-state index contributed by atoms with van der Waals surface area (Å²) < 4.78 is 32.4. The monoisotopic (exact) mass is 331 g/mol. The molecule has 1 aliphatic carbocycles. The third-order valence-electron chi connectivity index (χ3n) is 3.46. The van der Waals surface area contributed by atoms with Crippen LogP contribution in [-0.2, 0) is 10.0 Å². The van der Waals surface area contributed by atoms with Crippen molar-refractivity contribution in [2.24, 2.45) is 0 Å². The van der Waals surface area contributed by atoms with Crippen LogP contribution in [0.3, 0.4) is 0 Å². The van der Waals surface area contributed by atoms with Crippen molar-refractivity contribution in [2.45, 2.75) is 43.5 Å². The fourth-order valence-electron chi connectivity index (χ4n) is 2.18. The van der Waals surface area contributed by atoms with Crippen LogP contribution in [0.25, 0.3) is 0 Å². The van der Waals surface area contributed by atoms with Crippen LogP contribution in [0.5, 0.6) is 5.75 Å². The van der Waals surface area contributed by atoms with Crippen LogP contribution in [0.15, 0.2) is 29.2 Å². The van der Waals surface area contributed by atoms with Crippen molar-refractivity contribution < 1.29 is 13.2 Å². The number of unbranched alkanes of at least 4 members (excludes halogenated alkanes) is 1. The molecular formula is C15H22ClNO3S. The van der Waals surface area contributed by atoms with Gasteiger partial charge in [0.25, 0.3) is 0 Å². The molecule has 0 atom stereocenters. The van der Waals surface area contributed by atoms with Crippen LogP contribution < -0.4 is 4.74 Å². The molecule has 1 saturated carbocycles. The number of hydrogen-bond acceptors (Lipinski definition) is 3. The van der Waals surface area contributed by atoms with Crippen LogP contribution in [0.2, 0.25) is 0 Å². The molecule has 2 rings (SSSR count). The van der Waals surface area contributed by atoms with Gasteiger partial charge in [-0.2, -0.15) is 4.31 Å². The number of rotatable bonds is 9. The van der Waals surface area contributed by atoms with E-state index < -0.39 is 10.0 Å². The number of ether oxygens (including phenoxy) is 1. The number of hydrogen-bond donors (Lipinski definition) is 0. The van der Waals surface area contributed by atoms with Gasteiger partial charge in [0.2, 0.25) is 10.0 Å². The van der Waals surface area contributed by atoms with Gasteiger partial charge in [-0.3, -0.25) is 0 Å². The zero-order chi connectivity index (χ0) is 15.3. The van der Waals surface area contributed by atoms with E-state index in [-0.39, 0.29) is 6.04 Å². The number of benzene rings is 1. The Morgan fingerprint density at radius 3 is 2.48 bits per heavy atom. The maximum absolute atomic E-state index is 12.7. The Balaban J connectivity index is 2.13. The van der Waals surface area contributed by atoms with Crippen LogP contribution >= 0.6 is 11.6 Å². The van der Waals surface area contributed by atoms with Gasteiger partial charge >= 0.3 is 0 Å². The molecule has 118 valence electrons. The zero-order valence-electron chi connectivity index (χ0n) is 12.3. The van der Waals surface area contributed by atoms with Gasteiger partial charge in [-0.05, 0) is 43.5 Å². The lowest BCUT2D eigenvalue weighted by atomic mass is 10.3. The third kappa shape index (κ3) is 4.34. The highest BCUT2D eigenvalue weighted by molar-refractivity contribution is 7.89. The summed E-state index contributed by atoms with van der Waals surface area (Å²) in [5.74, 6) is 1.05. The van der Waals surface area contributed by atoms with Crippen molar-refractivity contribution in [3.05, 3.63) is 24.3 Å². The molecule has 0 aliphatic heterocycles. The topological polar surface area (TPSA) is 46.6 Å². The van der Waals surface area contributed by atoms with Crippen LogP contribution in [0.4, 0.5) is 0 Å². The first-order valence-corrected chi connectivity index (χ1v) is 9.37. The van der Waals surface area contributed by atoms with E-state index in [2.05, 4.69) is 6.92 Å². The standard InChI is InChI=1S/C15H22ClNO3S/c1-2-3-11-17(13-4-5-13)21(18,19)15-8-6-14(7-9-15)20-12-10-16/h6-9,13H,2-5,10-12H2,1H3. The number of sulfonamides is 1. The number of alkyl halides is 1. The molecule has 1 aromatic carbocycles. The molecule has 1 fully saturated rings. The molecule has 1 aliphatic rings. The highest BCUT2D eigenvalue weighted by atomic mass is 35.5. The van der Waals surface area contributed by atoms with Crippen LogP contribution in [-0.4, -0.2) is 37.8 Å². The second kappa shape index (κ2) is 7.47. The normalized spacial score (nSPS) is 15.4. The van der Waals surface area contributed by atoms with Gasteiger partial charge in [0.15, 0.2) is 0 Å². The minimum atomic E-state index is -3.40. The predicted molar refractivity (Wildman–Crippen MR) is 84.5 cm³/mol. The molecule has 0 spiro atoms. The van der Waals surface area contributed by atoms with E-state index in [1.807, 2.05) is 0 Å². The largest absolute Gasteiger partial charge is 0.492 e. The minimum absolute atomic E-state index is 0.189. The third-order valence-corrected chi connectivity index (χ3v) is 5.58. The fraction of sp³-hybridized carbons (Fsp3) is 0.600. The molecule has 0 radical (unpaired) electrons. The van der Waals surface area contributed by atoms with Crippen molar-refractivity contribution in [1.82, 2.24) is 4.31 Å². The molecule has 0 unspecified atom stereocenters. The SMILES string of the molecule is CCCCN(C1CC1)S(=O)(=O)c1ccc(OCCCl)cc1. The molecule has 0 amide bonds. The van der Waals surface area contributed by atoms with E-state index in [4.69, 9.17) is 16.3 Å². The van der Waals surface area contributed by atoms with E-state index in [1.165, 1.54) is 0 Å². The Morgan fingerprint density at radius 1 is 1.29 bits per heavy atom. The predicted octanol–water partition coefficient (Wildman–Crippen LogP) is 3.26. The van der Waals surface area contributed by atoms with Crippen molar-refractivity contribution in [1.29, 1.82) is 0 Å². The quantitative estimate of drug-likeness (QED) is 0.652. The van der Waals surface area contributed by atoms with Gasteiger partial charge < -0.3 is 4.74 Å². The minimum Gasteiger partial charge on any atom is -0.492 e. The lowest BCUT2D eigenvalue weighted by molar-refractivity contribution is 0.342. The van der Waals surface area contributed by atoms with E-state index in [0.717, 1.165) is 25.7 Å². The molecule has 0 N–H and O–H groups in total. The molecule has 21 heavy (non-hydrogen) atoms. The van der Waals surface area contributed by atoms with E-state index in [0.29, 0.717) is 29.7 Å². The van der Waals surface area contributed by atoms with Gasteiger partial charge in [0.1, 0.15) is 12.4 Å². The molecular weight excluding hydrogens is 310 g/mol. The average Bonchev–Trinajstić information content (AvgIpc) is 3.30. The van der Waals surface area contributed by atoms with Crippen LogP contribution in [0, 0.1) is 0 Å². The summed E-state index contributed by atoms with van der Waals surface area (Å²) >= 11 is 5.56. The average molecular weight is 332 g/mol. The van der Waals surface area contributed by atoms with Crippen molar-refractivity contribution in [3.8, 4) is 5.75 Å². The van der Waals surface area contributed by atoms with Crippen molar-refractivity contribution in [2.75, 3.05) is 19.0 Å². The highest BCUT2D eigenvalue weighted by Gasteiger charge is 2.37. The van der Waals surface area contributed by atoms with Gasteiger partial charge in [-0.25, -0.2) is 8.42 Å². The summed E-state index contributed by atoms with van der Waals surface area (Å²) in [6.07, 6.45) is 3.83. The Kier molecular flexibility index (Phi) is 5.90. The van der Waals surface area contributed by atoms with Gasteiger partial charge in [0.05, 0.1) is 10.8 Å². The summed E-state index contributed by atoms with van der Waals surface area (Å²) in [5, 5.41) is 0. The molecule has 0 bridgehead atoms. The van der Waals surface area contributed by atoms with E-state index >= 15 is 0 Å². The second-order valence-corrected chi connectivity index (χ2v) is 7.48. The summed E-state index contributed by atoms with van der Waals surface area (Å²) in [6, 6.07) is 6.78. The summed E-state index contributed by atoms with van der Waals surface area (Å²) in [5.41, 5.74) is 0. The molecule has 0 saturated heterocycles. The zero-order valence-corrected chi connectivity index (χ0v) is 13.9. The lowest BCUT2D eigenvalue weighted by Gasteiger charge is -2.21. The maximum Gasteiger partial charge on any atom is 0.243 e. The molecule has 4 nitrogen and oxygen atoms in total. The maximum atomic E-state index is 12.7. The Hall–Kier alpha value is -0.780. The number of nitrogens with zero attached hydrogens (tertiary/aromatic N) is 1. The summed E-state index contributed by atoms with van der Waals surface area (Å²) in [6.45, 7) is 3.09. The summed E-state index contributed by atoms with van der Waals surface area (Å²) in [7, 11) is -3.40. The lowest BCUT2D eigenvalue weighted by Crippen LogP contribution is -2.34. The Bertz CT molecular complexity index is 541. The summed E-state index contributed by atoms with van der Waals surface area (Å²) in [4.78, 5) is 0.337. The molecule has 1 aromatic rings.